The van der Waals surface area contributed by atoms with Gasteiger partial charge in [0.05, 0.1) is 36.2 Å². The molecular weight excluding hydrogens is 538 g/mol. The van der Waals surface area contributed by atoms with Gasteiger partial charge in [-0.1, -0.05) is 0 Å². The normalized spacial score (nSPS) is 14.3. The maximum atomic E-state index is 13.8. The van der Waals surface area contributed by atoms with E-state index in [1.807, 2.05) is 19.1 Å². The quantitative estimate of drug-likeness (QED) is 0.145. The summed E-state index contributed by atoms with van der Waals surface area (Å²) in [6.07, 6.45) is 4.77. The van der Waals surface area contributed by atoms with Crippen LogP contribution in [-0.2, 0) is 6.42 Å². The van der Waals surface area contributed by atoms with E-state index in [4.69, 9.17) is 16.7 Å². The first-order valence-corrected chi connectivity index (χ1v) is 13.8. The van der Waals surface area contributed by atoms with E-state index in [0.717, 1.165) is 55.6 Å². The lowest BCUT2D eigenvalue weighted by atomic mass is 10.0. The summed E-state index contributed by atoms with van der Waals surface area (Å²) in [4.78, 5) is 31.6. The average molecular weight is 567 g/mol. The maximum absolute atomic E-state index is 13.8. The van der Waals surface area contributed by atoms with E-state index in [9.17, 15) is 13.6 Å². The summed E-state index contributed by atoms with van der Waals surface area (Å²) >= 11 is 0. The lowest BCUT2D eigenvalue weighted by molar-refractivity contribution is 0.0991. The molecule has 1 aliphatic rings. The molecule has 6 rings (SSSR count). The number of carbonyl (C=O) groups is 1. The summed E-state index contributed by atoms with van der Waals surface area (Å²) in [5.41, 5.74) is 4.31. The fraction of sp³-hybridized carbons (Fsp3) is 0.290. The van der Waals surface area contributed by atoms with Gasteiger partial charge < -0.3 is 9.41 Å². The highest BCUT2D eigenvalue weighted by atomic mass is 19.1. The van der Waals surface area contributed by atoms with Gasteiger partial charge >= 0.3 is 0 Å². The maximum Gasteiger partial charge on any atom is 0.227 e. The molecule has 0 aliphatic carbocycles. The van der Waals surface area contributed by atoms with Gasteiger partial charge in [-0.05, 0) is 62.2 Å². The first kappa shape index (κ1) is 27.4. The third kappa shape index (κ3) is 5.53. The molecule has 0 atom stereocenters. The number of halogens is 2. The molecular formula is C31H28F2N8O. The van der Waals surface area contributed by atoms with Gasteiger partial charge in [0.25, 0.3) is 0 Å². The Kier molecular flexibility index (Phi) is 7.54. The standard InChI is InChI=1S/C31H28F2N8O/c1-20-36-30(21-3-5-23(32)6-4-21)31(41(20)25-10-14-39(15-11-25)16-13-34-2)26-7-8-29-37-24(19-40(29)38-26)18-27(42)22-9-12-35-28(33)17-22/h3-9,12,17,19,25H,10-11,13-16,18H2,1H3. The van der Waals surface area contributed by atoms with Gasteiger partial charge in [0.15, 0.2) is 11.4 Å². The van der Waals surface area contributed by atoms with Gasteiger partial charge in [-0.25, -0.2) is 30.4 Å². The van der Waals surface area contributed by atoms with E-state index >= 15 is 0 Å². The van der Waals surface area contributed by atoms with E-state index in [-0.39, 0.29) is 29.6 Å². The number of imidazole rings is 2. The van der Waals surface area contributed by atoms with Crippen molar-refractivity contribution in [1.29, 1.82) is 0 Å². The molecule has 0 N–H and O–H groups in total. The van der Waals surface area contributed by atoms with Crippen LogP contribution in [0.2, 0.25) is 0 Å². The Morgan fingerprint density at radius 2 is 1.86 bits per heavy atom. The second-order valence-corrected chi connectivity index (χ2v) is 10.4. The molecule has 0 amide bonds. The van der Waals surface area contributed by atoms with Crippen molar-refractivity contribution in [1.82, 2.24) is 34.0 Å². The topological polar surface area (TPSA) is 85.6 Å². The predicted octanol–water partition coefficient (Wildman–Crippen LogP) is 5.22. The lowest BCUT2D eigenvalue weighted by Crippen LogP contribution is -2.36. The Bertz CT molecular complexity index is 1800. The summed E-state index contributed by atoms with van der Waals surface area (Å²) in [5, 5.41) is 4.88. The van der Waals surface area contributed by atoms with E-state index in [2.05, 4.69) is 24.3 Å². The number of ketones is 1. The third-order valence-electron chi connectivity index (χ3n) is 7.66. The summed E-state index contributed by atoms with van der Waals surface area (Å²) in [6.45, 7) is 12.1. The highest BCUT2D eigenvalue weighted by Crippen LogP contribution is 2.37. The number of hydrogen-bond donors (Lipinski definition) is 0. The summed E-state index contributed by atoms with van der Waals surface area (Å²) in [7, 11) is 0. The smallest absolute Gasteiger partial charge is 0.227 e. The third-order valence-corrected chi connectivity index (χ3v) is 7.66. The number of benzene rings is 1. The first-order valence-electron chi connectivity index (χ1n) is 13.8. The van der Waals surface area contributed by atoms with Gasteiger partial charge in [0.1, 0.15) is 17.3 Å². The molecule has 9 nitrogen and oxygen atoms in total. The monoisotopic (exact) mass is 566 g/mol. The zero-order valence-corrected chi connectivity index (χ0v) is 23.0. The average Bonchev–Trinajstić information content (AvgIpc) is 3.56. The molecule has 11 heteroatoms. The minimum Gasteiger partial charge on any atom is -0.323 e. The van der Waals surface area contributed by atoms with E-state index in [1.54, 1.807) is 22.8 Å². The number of rotatable bonds is 8. The Balaban J connectivity index is 1.36. The van der Waals surface area contributed by atoms with Crippen LogP contribution in [0.5, 0.6) is 0 Å². The molecule has 0 spiro atoms. The highest BCUT2D eigenvalue weighted by Gasteiger charge is 2.28. The Labute approximate surface area is 241 Å². The molecule has 0 saturated carbocycles. The van der Waals surface area contributed by atoms with Crippen molar-refractivity contribution in [3.8, 4) is 22.6 Å². The minimum atomic E-state index is -0.708. The molecule has 1 fully saturated rings. The zero-order valence-electron chi connectivity index (χ0n) is 23.0. The van der Waals surface area contributed by atoms with E-state index in [0.29, 0.717) is 29.3 Å². The van der Waals surface area contributed by atoms with E-state index in [1.165, 1.54) is 24.4 Å². The number of aryl methyl sites for hydroxylation is 1. The number of pyridine rings is 1. The van der Waals surface area contributed by atoms with Gasteiger partial charge in [0, 0.05) is 42.5 Å². The van der Waals surface area contributed by atoms with Crippen LogP contribution in [0.3, 0.4) is 0 Å². The van der Waals surface area contributed by atoms with Crippen molar-refractivity contribution in [2.75, 3.05) is 26.2 Å². The first-order chi connectivity index (χ1) is 20.4. The van der Waals surface area contributed by atoms with Crippen molar-refractivity contribution >= 4 is 11.4 Å². The van der Waals surface area contributed by atoms with Gasteiger partial charge in [-0.2, -0.15) is 9.49 Å². The summed E-state index contributed by atoms with van der Waals surface area (Å²) in [5.74, 6) is -0.458. The van der Waals surface area contributed by atoms with Gasteiger partial charge in [0.2, 0.25) is 12.5 Å². The van der Waals surface area contributed by atoms with Crippen LogP contribution in [0, 0.1) is 25.3 Å². The highest BCUT2D eigenvalue weighted by molar-refractivity contribution is 5.97. The summed E-state index contributed by atoms with van der Waals surface area (Å²) in [6, 6.07) is 12.8. The number of fused-ring (bicyclic) bond motifs is 1. The SMILES string of the molecule is [C-]#[N+]CCN1CCC(n2c(C)nc(-c3ccc(F)cc3)c2-c2ccc3nc(CC(=O)c4ccnc(F)c4)cn3n2)CC1. The number of Topliss-reactive ketones (excluding diaryl/α,β-unsaturated/α-hetero) is 1. The molecule has 5 heterocycles. The van der Waals surface area contributed by atoms with Crippen LogP contribution >= 0.6 is 0 Å². The van der Waals surface area contributed by atoms with Crippen molar-refractivity contribution in [3.63, 3.8) is 0 Å². The van der Waals surface area contributed by atoms with Gasteiger partial charge in [-0.3, -0.25) is 9.69 Å². The molecule has 1 aromatic carbocycles. The number of likely N-dealkylation sites (tertiary alicyclic amines) is 1. The number of hydrogen-bond acceptors (Lipinski definition) is 6. The van der Waals surface area contributed by atoms with Crippen molar-refractivity contribution < 1.29 is 13.6 Å². The molecule has 5 aromatic rings. The molecule has 0 unspecified atom stereocenters. The lowest BCUT2D eigenvalue weighted by Gasteiger charge is -2.33. The number of aromatic nitrogens is 6. The molecule has 42 heavy (non-hydrogen) atoms. The molecule has 1 saturated heterocycles. The Morgan fingerprint density at radius 1 is 1.07 bits per heavy atom. The van der Waals surface area contributed by atoms with E-state index < -0.39 is 5.95 Å². The molecule has 0 radical (unpaired) electrons. The van der Waals surface area contributed by atoms with Crippen LogP contribution in [0.15, 0.2) is 60.9 Å². The predicted molar refractivity (Wildman–Crippen MR) is 153 cm³/mol. The van der Waals surface area contributed by atoms with Crippen LogP contribution < -0.4 is 0 Å². The van der Waals surface area contributed by atoms with Crippen molar-refractivity contribution in [2.45, 2.75) is 32.2 Å². The number of nitrogens with zero attached hydrogens (tertiary/aromatic N) is 8. The van der Waals surface area contributed by atoms with Crippen LogP contribution in [-0.4, -0.2) is 66.0 Å². The number of piperidine rings is 1. The van der Waals surface area contributed by atoms with Gasteiger partial charge in [-0.15, -0.1) is 0 Å². The Hall–Kier alpha value is -4.82. The van der Waals surface area contributed by atoms with Crippen LogP contribution in [0.4, 0.5) is 8.78 Å². The zero-order chi connectivity index (χ0) is 29.2. The van der Waals surface area contributed by atoms with Crippen molar-refractivity contribution in [2.24, 2.45) is 0 Å². The fourth-order valence-electron chi connectivity index (χ4n) is 5.62. The summed E-state index contributed by atoms with van der Waals surface area (Å²) < 4.78 is 31.2. The molecule has 212 valence electrons. The largest absolute Gasteiger partial charge is 0.323 e. The van der Waals surface area contributed by atoms with Crippen LogP contribution in [0.25, 0.3) is 33.1 Å². The Morgan fingerprint density at radius 3 is 2.60 bits per heavy atom. The molecule has 4 aromatic heterocycles. The molecule has 0 bridgehead atoms. The van der Waals surface area contributed by atoms with Crippen molar-refractivity contribution in [3.05, 3.63) is 101 Å². The molecule has 1 aliphatic heterocycles. The second-order valence-electron chi connectivity index (χ2n) is 10.4. The number of carbonyl (C=O) groups excluding carboxylic acids is 1. The second kappa shape index (κ2) is 11.6. The van der Waals surface area contributed by atoms with Crippen LogP contribution in [0.1, 0.15) is 40.8 Å². The fourth-order valence-corrected chi connectivity index (χ4v) is 5.62. The minimum absolute atomic E-state index is 0.00785.